The molecule has 2 amide bonds. The highest BCUT2D eigenvalue weighted by atomic mass is 35.5. The Morgan fingerprint density at radius 1 is 1.17 bits per heavy atom. The number of hydrogen-bond acceptors (Lipinski definition) is 4. The van der Waals surface area contributed by atoms with E-state index in [2.05, 4.69) is 10.6 Å². The van der Waals surface area contributed by atoms with Crippen LogP contribution in [0.5, 0.6) is 5.75 Å². The molecule has 1 aliphatic heterocycles. The monoisotopic (exact) mass is 414 g/mol. The molecule has 2 N–H and O–H groups in total. The molecular weight excluding hydrogens is 392 g/mol. The summed E-state index contributed by atoms with van der Waals surface area (Å²) in [5.74, 6) is 0.0309. The van der Waals surface area contributed by atoms with Crippen molar-refractivity contribution in [3.63, 3.8) is 0 Å². The molecule has 2 aromatic rings. The van der Waals surface area contributed by atoms with Gasteiger partial charge in [-0.05, 0) is 29.7 Å². The Hall–Kier alpha value is -2.99. The van der Waals surface area contributed by atoms with Gasteiger partial charge in [0.25, 0.3) is 0 Å². The van der Waals surface area contributed by atoms with Crippen molar-refractivity contribution in [3.8, 4) is 5.75 Å². The van der Waals surface area contributed by atoms with E-state index in [1.807, 2.05) is 37.3 Å². The van der Waals surface area contributed by atoms with Crippen molar-refractivity contribution in [1.29, 1.82) is 0 Å². The van der Waals surface area contributed by atoms with Gasteiger partial charge >= 0.3 is 12.0 Å². The summed E-state index contributed by atoms with van der Waals surface area (Å²) in [5, 5.41) is 5.90. The number of hydrogen-bond donors (Lipinski definition) is 2. The van der Waals surface area contributed by atoms with Crippen molar-refractivity contribution < 1.29 is 19.1 Å². The minimum atomic E-state index is -0.654. The van der Waals surface area contributed by atoms with Crippen molar-refractivity contribution in [2.75, 3.05) is 7.11 Å². The average Bonchev–Trinajstić information content (AvgIpc) is 2.73. The average molecular weight is 415 g/mol. The number of urea groups is 1. The summed E-state index contributed by atoms with van der Waals surface area (Å²) in [6.45, 7) is 2.36. The molecule has 1 heterocycles. The molecule has 2 aromatic carbocycles. The summed E-state index contributed by atoms with van der Waals surface area (Å²) in [6, 6.07) is 14.0. The third kappa shape index (κ3) is 4.90. The molecule has 0 aromatic heterocycles. The first-order valence-corrected chi connectivity index (χ1v) is 9.76. The smallest absolute Gasteiger partial charge is 0.337 e. The number of amides is 2. The lowest BCUT2D eigenvalue weighted by Gasteiger charge is -2.29. The zero-order valence-corrected chi connectivity index (χ0v) is 17.1. The van der Waals surface area contributed by atoms with Crippen LogP contribution < -0.4 is 15.4 Å². The molecule has 0 fully saturated rings. The first-order valence-electron chi connectivity index (χ1n) is 9.38. The van der Waals surface area contributed by atoms with E-state index < -0.39 is 12.0 Å². The zero-order chi connectivity index (χ0) is 20.8. The number of allylic oxidation sites excluding steroid dienone is 1. The van der Waals surface area contributed by atoms with E-state index in [9.17, 15) is 9.59 Å². The number of methoxy groups -OCH3 is 1. The molecule has 0 bridgehead atoms. The Morgan fingerprint density at radius 3 is 2.59 bits per heavy atom. The predicted octanol–water partition coefficient (Wildman–Crippen LogP) is 4.50. The molecule has 0 saturated carbocycles. The predicted molar refractivity (Wildman–Crippen MR) is 111 cm³/mol. The van der Waals surface area contributed by atoms with Gasteiger partial charge in [-0.15, -0.1) is 0 Å². The maximum atomic E-state index is 12.4. The third-order valence-electron chi connectivity index (χ3n) is 4.59. The number of nitrogens with one attached hydrogen (secondary N) is 2. The van der Waals surface area contributed by atoms with E-state index in [4.69, 9.17) is 21.1 Å². The van der Waals surface area contributed by atoms with Gasteiger partial charge in [0.2, 0.25) is 0 Å². The highest BCUT2D eigenvalue weighted by molar-refractivity contribution is 6.32. The number of carbonyl (C=O) groups is 2. The van der Waals surface area contributed by atoms with Crippen molar-refractivity contribution in [2.24, 2.45) is 0 Å². The lowest BCUT2D eigenvalue weighted by Crippen LogP contribution is -2.45. The number of halogens is 1. The summed E-state index contributed by atoms with van der Waals surface area (Å²) in [5.41, 5.74) is 2.64. The molecule has 1 atom stereocenters. The molecule has 0 radical (unpaired) electrons. The molecule has 0 saturated heterocycles. The molecule has 152 valence electrons. The van der Waals surface area contributed by atoms with Gasteiger partial charge in [-0.3, -0.25) is 0 Å². The fourth-order valence-electron chi connectivity index (χ4n) is 3.22. The van der Waals surface area contributed by atoms with Crippen LogP contribution in [0.1, 0.15) is 36.9 Å². The van der Waals surface area contributed by atoms with Crippen molar-refractivity contribution in [3.05, 3.63) is 76.0 Å². The Kier molecular flexibility index (Phi) is 6.77. The summed E-state index contributed by atoms with van der Waals surface area (Å²) in [4.78, 5) is 24.6. The van der Waals surface area contributed by atoms with Crippen LogP contribution in [0.25, 0.3) is 0 Å². The first kappa shape index (κ1) is 20.7. The van der Waals surface area contributed by atoms with E-state index in [0.29, 0.717) is 40.6 Å². The van der Waals surface area contributed by atoms with Crippen molar-refractivity contribution in [2.45, 2.75) is 32.4 Å². The van der Waals surface area contributed by atoms with Crippen LogP contribution in [0.2, 0.25) is 5.02 Å². The van der Waals surface area contributed by atoms with E-state index in [1.165, 1.54) is 7.11 Å². The number of ether oxygens (including phenoxy) is 2. The third-order valence-corrected chi connectivity index (χ3v) is 4.88. The Balaban J connectivity index is 1.87. The van der Waals surface area contributed by atoms with Crippen molar-refractivity contribution >= 4 is 23.6 Å². The van der Waals surface area contributed by atoms with Crippen LogP contribution in [-0.2, 0) is 16.1 Å². The van der Waals surface area contributed by atoms with Gasteiger partial charge in [-0.25, -0.2) is 9.59 Å². The molecule has 29 heavy (non-hydrogen) atoms. The van der Waals surface area contributed by atoms with Gasteiger partial charge in [-0.1, -0.05) is 61.3 Å². The topological polar surface area (TPSA) is 76.7 Å². The quantitative estimate of drug-likeness (QED) is 0.654. The highest BCUT2D eigenvalue weighted by Gasteiger charge is 2.33. The summed E-state index contributed by atoms with van der Waals surface area (Å²) in [7, 11) is 1.32. The number of benzene rings is 2. The van der Waals surface area contributed by atoms with E-state index in [1.54, 1.807) is 18.2 Å². The Morgan fingerprint density at radius 2 is 1.93 bits per heavy atom. The van der Waals surface area contributed by atoms with Crippen LogP contribution in [-0.4, -0.2) is 19.1 Å². The molecule has 0 spiro atoms. The number of rotatable bonds is 7. The molecule has 1 aliphatic rings. The highest BCUT2D eigenvalue weighted by Crippen LogP contribution is 2.34. The van der Waals surface area contributed by atoms with Gasteiger partial charge in [0.05, 0.1) is 23.7 Å². The second-order valence-electron chi connectivity index (χ2n) is 6.63. The zero-order valence-electron chi connectivity index (χ0n) is 16.3. The Bertz CT molecular complexity index is 928. The summed E-state index contributed by atoms with van der Waals surface area (Å²) in [6.07, 6.45) is 1.33. The van der Waals surface area contributed by atoms with Gasteiger partial charge < -0.3 is 20.1 Å². The first-order chi connectivity index (χ1) is 14.0. The van der Waals surface area contributed by atoms with E-state index in [-0.39, 0.29) is 6.03 Å². The molecular formula is C22H23ClN2O4. The SMILES string of the molecule is CCCC1=C(C(=O)OC)C(c2ccc(OCc3ccccc3)c(Cl)c2)NC(=O)N1. The normalized spacial score (nSPS) is 16.1. The fourth-order valence-corrected chi connectivity index (χ4v) is 3.46. The summed E-state index contributed by atoms with van der Waals surface area (Å²) >= 11 is 6.42. The molecule has 6 nitrogen and oxygen atoms in total. The van der Waals surface area contributed by atoms with Gasteiger partial charge in [0.15, 0.2) is 0 Å². The lowest BCUT2D eigenvalue weighted by molar-refractivity contribution is -0.136. The second-order valence-corrected chi connectivity index (χ2v) is 7.04. The van der Waals surface area contributed by atoms with Crippen molar-refractivity contribution in [1.82, 2.24) is 10.6 Å². The number of carbonyl (C=O) groups excluding carboxylic acids is 2. The Labute approximate surface area is 174 Å². The van der Waals surface area contributed by atoms with Crippen LogP contribution in [0.15, 0.2) is 59.8 Å². The van der Waals surface area contributed by atoms with Crippen LogP contribution in [0, 0.1) is 0 Å². The minimum Gasteiger partial charge on any atom is -0.487 e. The van der Waals surface area contributed by atoms with Crippen LogP contribution >= 0.6 is 11.6 Å². The van der Waals surface area contributed by atoms with E-state index in [0.717, 1.165) is 12.0 Å². The van der Waals surface area contributed by atoms with E-state index >= 15 is 0 Å². The van der Waals surface area contributed by atoms with Gasteiger partial charge in [-0.2, -0.15) is 0 Å². The van der Waals surface area contributed by atoms with Gasteiger partial charge in [0.1, 0.15) is 12.4 Å². The second kappa shape index (κ2) is 9.47. The standard InChI is InChI=1S/C22H23ClN2O4/c1-3-7-17-19(21(26)28-2)20(25-22(27)24-17)15-10-11-18(16(23)12-15)29-13-14-8-5-4-6-9-14/h4-6,8-12,20H,3,7,13H2,1-2H3,(H2,24,25,27). The van der Waals surface area contributed by atoms with Crippen LogP contribution in [0.3, 0.4) is 0 Å². The maximum absolute atomic E-state index is 12.4. The maximum Gasteiger partial charge on any atom is 0.337 e. The van der Waals surface area contributed by atoms with Gasteiger partial charge in [0, 0.05) is 5.70 Å². The molecule has 0 aliphatic carbocycles. The summed E-state index contributed by atoms with van der Waals surface area (Å²) < 4.78 is 10.8. The lowest BCUT2D eigenvalue weighted by atomic mass is 9.94. The molecule has 1 unspecified atom stereocenters. The largest absolute Gasteiger partial charge is 0.487 e. The number of esters is 1. The fraction of sp³-hybridized carbons (Fsp3) is 0.273. The molecule has 3 rings (SSSR count). The minimum absolute atomic E-state index is 0.369. The molecule has 7 heteroatoms. The van der Waals surface area contributed by atoms with Crippen LogP contribution in [0.4, 0.5) is 4.79 Å².